The van der Waals surface area contributed by atoms with Gasteiger partial charge in [-0.3, -0.25) is 0 Å². The average Bonchev–Trinajstić information content (AvgIpc) is 2.77. The van der Waals surface area contributed by atoms with Crippen LogP contribution >= 0.6 is 0 Å². The van der Waals surface area contributed by atoms with E-state index >= 15 is 0 Å². The van der Waals surface area contributed by atoms with Gasteiger partial charge in [0.25, 0.3) is 0 Å². The normalized spacial score (nSPS) is 10.9. The molecule has 0 unspecified atom stereocenters. The summed E-state index contributed by atoms with van der Waals surface area (Å²) in [6.45, 7) is -0.716. The number of ether oxygens (including phenoxy) is 2. The van der Waals surface area contributed by atoms with Gasteiger partial charge in [0, 0.05) is 5.56 Å². The second kappa shape index (κ2) is 9.93. The van der Waals surface area contributed by atoms with Gasteiger partial charge in [-0.2, -0.15) is 9.97 Å². The summed E-state index contributed by atoms with van der Waals surface area (Å²) < 4.78 is 10.8. The average molecular weight is 418 g/mol. The van der Waals surface area contributed by atoms with Crippen LogP contribution < -0.4 is 20.4 Å². The predicted octanol–water partition coefficient (Wildman–Crippen LogP) is 0.340. The number of nitrogen functional groups attached to an aromatic ring is 1. The number of rotatable bonds is 10. The molecule has 4 N–H and O–H groups in total. The summed E-state index contributed by atoms with van der Waals surface area (Å²) in [5.41, 5.74) is 7.30. The Kier molecular flexibility index (Phi) is 7.08. The topological polar surface area (TPSA) is 158 Å². The van der Waals surface area contributed by atoms with Crippen molar-refractivity contribution in [3.8, 4) is 22.8 Å². The molecule has 0 radical (unpaired) electrons. The van der Waals surface area contributed by atoms with Gasteiger partial charge in [-0.15, -0.1) is 5.23 Å². The molecule has 0 aliphatic rings. The summed E-state index contributed by atoms with van der Waals surface area (Å²) in [6, 6.07) is 5.36. The lowest BCUT2D eigenvalue weighted by Crippen LogP contribution is -2.28. The SMILES string of the molecule is COc1cccc(-c2cnc3nc(N)nc(N(OCCO)OCCO)c3n2)c1OC. The molecule has 1 aromatic carbocycles. The Bertz CT molecular complexity index is 996. The quantitative estimate of drug-likeness (QED) is 0.388. The van der Waals surface area contributed by atoms with E-state index in [0.29, 0.717) is 22.8 Å². The van der Waals surface area contributed by atoms with E-state index in [2.05, 4.69) is 19.9 Å². The van der Waals surface area contributed by atoms with E-state index in [1.165, 1.54) is 20.4 Å². The van der Waals surface area contributed by atoms with Gasteiger partial charge in [0.1, 0.15) is 13.2 Å². The van der Waals surface area contributed by atoms with Crippen molar-refractivity contribution in [3.05, 3.63) is 24.4 Å². The molecule has 160 valence electrons. The largest absolute Gasteiger partial charge is 0.493 e. The van der Waals surface area contributed by atoms with Crippen LogP contribution in [0.5, 0.6) is 11.5 Å². The maximum atomic E-state index is 9.09. The van der Waals surface area contributed by atoms with E-state index in [0.717, 1.165) is 5.23 Å². The minimum absolute atomic E-state index is 0.0654. The number of hydrogen-bond donors (Lipinski definition) is 3. The van der Waals surface area contributed by atoms with Gasteiger partial charge >= 0.3 is 0 Å². The Labute approximate surface area is 171 Å². The van der Waals surface area contributed by atoms with Crippen LogP contribution in [0, 0.1) is 0 Å². The number of nitrogens with zero attached hydrogens (tertiary/aromatic N) is 5. The maximum absolute atomic E-state index is 9.09. The third-order valence-electron chi connectivity index (χ3n) is 3.86. The van der Waals surface area contributed by atoms with Crippen LogP contribution in [0.4, 0.5) is 11.8 Å². The van der Waals surface area contributed by atoms with Crippen LogP contribution in [0.1, 0.15) is 0 Å². The van der Waals surface area contributed by atoms with Crippen LogP contribution in [0.15, 0.2) is 24.4 Å². The number of para-hydroxylation sites is 1. The number of fused-ring (bicyclic) bond motifs is 1. The molecule has 0 spiro atoms. The Morgan fingerprint density at radius 3 is 2.37 bits per heavy atom. The Hall–Kier alpha value is -3.32. The number of anilines is 2. The smallest absolute Gasteiger partial charge is 0.224 e. The number of hydrogen-bond acceptors (Lipinski definition) is 12. The first-order valence-electron chi connectivity index (χ1n) is 8.92. The number of methoxy groups -OCH3 is 2. The van der Waals surface area contributed by atoms with E-state index in [9.17, 15) is 0 Å². The summed E-state index contributed by atoms with van der Waals surface area (Å²) in [6.07, 6.45) is 1.52. The van der Waals surface area contributed by atoms with E-state index in [-0.39, 0.29) is 49.4 Å². The summed E-state index contributed by atoms with van der Waals surface area (Å²) in [4.78, 5) is 27.9. The summed E-state index contributed by atoms with van der Waals surface area (Å²) in [7, 11) is 3.07. The number of aromatic nitrogens is 4. The standard InChI is InChI=1S/C18H22N6O6/c1-27-13-5-3-4-11(15(13)28-2)12-10-20-16-14(21-12)17(23-18(19)22-16)24(29-8-6-25)30-9-7-26/h3-5,10,25-26H,6-9H2,1-2H3,(H2,19,20,22,23). The Balaban J connectivity index is 2.16. The number of nitrogens with two attached hydrogens (primary N) is 1. The summed E-state index contributed by atoms with van der Waals surface area (Å²) >= 11 is 0. The zero-order chi connectivity index (χ0) is 21.5. The number of benzene rings is 1. The molecule has 0 aliphatic carbocycles. The van der Waals surface area contributed by atoms with Crippen LogP contribution in [0.25, 0.3) is 22.4 Å². The fraction of sp³-hybridized carbons (Fsp3) is 0.333. The molecule has 0 saturated carbocycles. The third kappa shape index (κ3) is 4.46. The molecular weight excluding hydrogens is 396 g/mol. The molecular formula is C18H22N6O6. The van der Waals surface area contributed by atoms with Crippen LogP contribution in [-0.4, -0.2) is 70.8 Å². The first-order valence-corrected chi connectivity index (χ1v) is 8.92. The third-order valence-corrected chi connectivity index (χ3v) is 3.86. The predicted molar refractivity (Wildman–Crippen MR) is 107 cm³/mol. The summed E-state index contributed by atoms with van der Waals surface area (Å²) in [5, 5.41) is 19.1. The molecule has 0 aliphatic heterocycles. The maximum Gasteiger partial charge on any atom is 0.224 e. The zero-order valence-corrected chi connectivity index (χ0v) is 16.5. The highest BCUT2D eigenvalue weighted by Gasteiger charge is 2.21. The van der Waals surface area contributed by atoms with Crippen molar-refractivity contribution in [3.63, 3.8) is 0 Å². The lowest BCUT2D eigenvalue weighted by molar-refractivity contribution is -0.104. The van der Waals surface area contributed by atoms with Crippen molar-refractivity contribution < 1.29 is 29.4 Å². The first-order chi connectivity index (χ1) is 14.6. The fourth-order valence-electron chi connectivity index (χ4n) is 2.66. The molecule has 0 bridgehead atoms. The van der Waals surface area contributed by atoms with Gasteiger partial charge in [-0.1, -0.05) is 6.07 Å². The van der Waals surface area contributed by atoms with Crippen molar-refractivity contribution in [2.75, 3.05) is 51.6 Å². The Morgan fingerprint density at radius 1 is 1.00 bits per heavy atom. The summed E-state index contributed by atoms with van der Waals surface area (Å²) in [5.74, 6) is 1.00. The number of aliphatic hydroxyl groups is 2. The fourth-order valence-corrected chi connectivity index (χ4v) is 2.66. The molecule has 12 heteroatoms. The number of aliphatic hydroxyl groups excluding tert-OH is 2. The molecule has 2 aromatic heterocycles. The highest BCUT2D eigenvalue weighted by Crippen LogP contribution is 2.37. The lowest BCUT2D eigenvalue weighted by atomic mass is 10.1. The first kappa shape index (κ1) is 21.4. The minimum Gasteiger partial charge on any atom is -0.493 e. The van der Waals surface area contributed by atoms with Gasteiger partial charge < -0.3 is 25.4 Å². The van der Waals surface area contributed by atoms with Crippen LogP contribution in [0.2, 0.25) is 0 Å². The highest BCUT2D eigenvalue weighted by atomic mass is 17.0. The molecule has 3 aromatic rings. The molecule has 0 saturated heterocycles. The zero-order valence-electron chi connectivity index (χ0n) is 16.5. The van der Waals surface area contributed by atoms with Crippen molar-refractivity contribution >= 4 is 22.9 Å². The van der Waals surface area contributed by atoms with E-state index in [1.54, 1.807) is 18.2 Å². The highest BCUT2D eigenvalue weighted by molar-refractivity contribution is 5.85. The van der Waals surface area contributed by atoms with Crippen LogP contribution in [0.3, 0.4) is 0 Å². The Morgan fingerprint density at radius 2 is 1.73 bits per heavy atom. The molecule has 0 fully saturated rings. The monoisotopic (exact) mass is 418 g/mol. The molecule has 30 heavy (non-hydrogen) atoms. The van der Waals surface area contributed by atoms with Crippen molar-refractivity contribution in [2.45, 2.75) is 0 Å². The second-order valence-electron chi connectivity index (χ2n) is 5.74. The van der Waals surface area contributed by atoms with Crippen molar-refractivity contribution in [1.82, 2.24) is 19.9 Å². The molecule has 0 amide bonds. The van der Waals surface area contributed by atoms with Gasteiger partial charge in [0.05, 0.1) is 39.3 Å². The molecule has 12 nitrogen and oxygen atoms in total. The molecule has 2 heterocycles. The van der Waals surface area contributed by atoms with E-state index in [4.69, 9.17) is 35.1 Å². The van der Waals surface area contributed by atoms with E-state index < -0.39 is 0 Å². The van der Waals surface area contributed by atoms with Crippen molar-refractivity contribution in [2.24, 2.45) is 0 Å². The van der Waals surface area contributed by atoms with Gasteiger partial charge in [0.15, 0.2) is 22.7 Å². The lowest BCUT2D eigenvalue weighted by Gasteiger charge is -2.21. The molecule has 0 atom stereocenters. The van der Waals surface area contributed by atoms with Gasteiger partial charge in [0.2, 0.25) is 11.8 Å². The van der Waals surface area contributed by atoms with E-state index in [1.807, 2.05) is 0 Å². The second-order valence-corrected chi connectivity index (χ2v) is 5.74. The molecule has 3 rings (SSSR count). The van der Waals surface area contributed by atoms with Gasteiger partial charge in [-0.25, -0.2) is 19.6 Å². The minimum atomic E-state index is -0.268. The van der Waals surface area contributed by atoms with Gasteiger partial charge in [-0.05, 0) is 12.1 Å². The van der Waals surface area contributed by atoms with Crippen molar-refractivity contribution in [1.29, 1.82) is 0 Å². The van der Waals surface area contributed by atoms with Crippen LogP contribution in [-0.2, 0) is 9.68 Å².